The van der Waals surface area contributed by atoms with E-state index >= 15 is 0 Å². The number of aryl methyl sites for hydroxylation is 2. The molecule has 0 bridgehead atoms. The third kappa shape index (κ3) is 6.46. The van der Waals surface area contributed by atoms with Crippen LogP contribution in [0.2, 0.25) is 5.02 Å². The van der Waals surface area contributed by atoms with Crippen LogP contribution in [0, 0.1) is 31.4 Å². The summed E-state index contributed by atoms with van der Waals surface area (Å²) >= 11 is 6.21. The number of nitrogens with zero attached hydrogens (tertiary/aromatic N) is 5. The first-order chi connectivity index (χ1) is 19.8. The predicted octanol–water partition coefficient (Wildman–Crippen LogP) is 6.58. The Morgan fingerprint density at radius 1 is 1.07 bits per heavy atom. The number of benzene rings is 2. The minimum absolute atomic E-state index is 0.0332. The van der Waals surface area contributed by atoms with Crippen LogP contribution < -0.4 is 0 Å². The Hall–Kier alpha value is -3.05. The average molecular weight is 610 g/mol. The Labute approximate surface area is 246 Å². The average Bonchev–Trinajstić information content (AvgIpc) is 3.53. The van der Waals surface area contributed by atoms with E-state index in [1.807, 2.05) is 36.7 Å². The van der Waals surface area contributed by atoms with Gasteiger partial charge in [-0.25, -0.2) is 18.4 Å². The normalized spacial score (nSPS) is 21.9. The molecule has 2 heterocycles. The van der Waals surface area contributed by atoms with E-state index in [4.69, 9.17) is 11.6 Å². The summed E-state index contributed by atoms with van der Waals surface area (Å²) in [5, 5.41) is 5.24. The summed E-state index contributed by atoms with van der Waals surface area (Å²) in [6, 6.07) is 8.26. The molecule has 6 nitrogen and oxygen atoms in total. The molecular formula is C30H33ClF5N5O. The number of likely N-dealkylation sites (tertiary alicyclic amines) is 1. The van der Waals surface area contributed by atoms with Crippen LogP contribution in [0.25, 0.3) is 5.69 Å². The molecule has 0 unspecified atom stereocenters. The van der Waals surface area contributed by atoms with Crippen molar-refractivity contribution in [3.05, 3.63) is 75.8 Å². The summed E-state index contributed by atoms with van der Waals surface area (Å²) in [6.45, 7) is 3.46. The molecule has 12 heteroatoms. The van der Waals surface area contributed by atoms with Gasteiger partial charge in [0.25, 0.3) is 0 Å². The Morgan fingerprint density at radius 3 is 2.43 bits per heavy atom. The maximum absolute atomic E-state index is 14.9. The summed E-state index contributed by atoms with van der Waals surface area (Å²) in [5.41, 5.74) is 1.92. The largest absolute Gasteiger partial charge is 0.401 e. The highest BCUT2D eigenvalue weighted by atomic mass is 35.5. The van der Waals surface area contributed by atoms with Crippen LogP contribution in [-0.4, -0.2) is 69.4 Å². The zero-order valence-electron chi connectivity index (χ0n) is 23.6. The minimum Gasteiger partial charge on any atom is -0.342 e. The van der Waals surface area contributed by atoms with Gasteiger partial charge in [0.15, 0.2) is 0 Å². The van der Waals surface area contributed by atoms with E-state index in [9.17, 15) is 26.7 Å². The third-order valence-electron chi connectivity index (χ3n) is 8.56. The molecule has 1 amide bonds. The molecule has 0 N–H and O–H groups in total. The number of amides is 1. The summed E-state index contributed by atoms with van der Waals surface area (Å²) in [5.74, 6) is -1.67. The van der Waals surface area contributed by atoms with Crippen molar-refractivity contribution >= 4 is 17.5 Å². The van der Waals surface area contributed by atoms with Gasteiger partial charge in [0.1, 0.15) is 23.3 Å². The molecule has 1 saturated heterocycles. The Morgan fingerprint density at radius 2 is 1.79 bits per heavy atom. The molecular weight excluding hydrogens is 577 g/mol. The smallest absolute Gasteiger partial charge is 0.342 e. The highest BCUT2D eigenvalue weighted by Crippen LogP contribution is 2.44. The Balaban J connectivity index is 1.33. The van der Waals surface area contributed by atoms with Gasteiger partial charge >= 0.3 is 6.18 Å². The van der Waals surface area contributed by atoms with Gasteiger partial charge in [-0.1, -0.05) is 17.7 Å². The molecule has 1 aliphatic heterocycles. The van der Waals surface area contributed by atoms with Crippen molar-refractivity contribution in [2.45, 2.75) is 63.6 Å². The Bertz CT molecular complexity index is 1450. The first-order valence-electron chi connectivity index (χ1n) is 14.0. The molecule has 0 spiro atoms. The third-order valence-corrected chi connectivity index (χ3v) is 8.99. The van der Waals surface area contributed by atoms with Crippen LogP contribution in [0.5, 0.6) is 0 Å². The molecule has 2 aromatic carbocycles. The monoisotopic (exact) mass is 609 g/mol. The van der Waals surface area contributed by atoms with Crippen molar-refractivity contribution in [3.8, 4) is 5.69 Å². The molecule has 3 atom stereocenters. The van der Waals surface area contributed by atoms with Crippen molar-refractivity contribution in [3.63, 3.8) is 0 Å². The van der Waals surface area contributed by atoms with Gasteiger partial charge in [-0.15, -0.1) is 0 Å². The SMILES string of the molecule is Cc1nc(C2CCN(C(=O)[C@@H]3C[C@@H](N(C)CC(F)(F)F)C[C@H]3c3ccc(F)cc3F)CC2)n(-c2ccc(Cl)c(C)c2)n1. The van der Waals surface area contributed by atoms with Crippen LogP contribution in [0.1, 0.15) is 60.3 Å². The van der Waals surface area contributed by atoms with Gasteiger partial charge < -0.3 is 4.90 Å². The fourth-order valence-corrected chi connectivity index (χ4v) is 6.56. The van der Waals surface area contributed by atoms with Crippen LogP contribution in [-0.2, 0) is 4.79 Å². The lowest BCUT2D eigenvalue weighted by atomic mass is 9.86. The first kappa shape index (κ1) is 30.4. The molecule has 0 radical (unpaired) electrons. The number of alkyl halides is 3. The van der Waals surface area contributed by atoms with Crippen LogP contribution in [0.3, 0.4) is 0 Å². The van der Waals surface area contributed by atoms with Crippen molar-refractivity contribution in [1.29, 1.82) is 0 Å². The summed E-state index contributed by atoms with van der Waals surface area (Å²) in [6.07, 6.45) is -2.83. The van der Waals surface area contributed by atoms with Crippen molar-refractivity contribution in [2.24, 2.45) is 5.92 Å². The highest BCUT2D eigenvalue weighted by Gasteiger charge is 2.45. The number of rotatable bonds is 6. The lowest BCUT2D eigenvalue weighted by molar-refractivity contribution is -0.147. The van der Waals surface area contributed by atoms with Crippen molar-refractivity contribution in [1.82, 2.24) is 24.6 Å². The minimum atomic E-state index is -4.40. The second-order valence-corrected chi connectivity index (χ2v) is 11.9. The number of carbonyl (C=O) groups is 1. The van der Waals surface area contributed by atoms with E-state index in [0.717, 1.165) is 29.2 Å². The molecule has 1 aromatic heterocycles. The number of piperidine rings is 1. The number of hydrogen-bond acceptors (Lipinski definition) is 4. The van der Waals surface area contributed by atoms with E-state index in [-0.39, 0.29) is 30.2 Å². The van der Waals surface area contributed by atoms with Crippen molar-refractivity contribution in [2.75, 3.05) is 26.7 Å². The molecule has 226 valence electrons. The van der Waals surface area contributed by atoms with Crippen LogP contribution in [0.4, 0.5) is 22.0 Å². The topological polar surface area (TPSA) is 54.3 Å². The summed E-state index contributed by atoms with van der Waals surface area (Å²) < 4.78 is 69.8. The highest BCUT2D eigenvalue weighted by molar-refractivity contribution is 6.31. The molecule has 1 saturated carbocycles. The Kier molecular flexibility index (Phi) is 8.63. The lowest BCUT2D eigenvalue weighted by Crippen LogP contribution is -2.43. The summed E-state index contributed by atoms with van der Waals surface area (Å²) in [4.78, 5) is 21.5. The maximum atomic E-state index is 14.9. The van der Waals surface area contributed by atoms with Gasteiger partial charge in [0, 0.05) is 42.1 Å². The zero-order chi connectivity index (χ0) is 30.3. The molecule has 1 aliphatic carbocycles. The quantitative estimate of drug-likeness (QED) is 0.296. The second kappa shape index (κ2) is 11.9. The number of aromatic nitrogens is 3. The van der Waals surface area contributed by atoms with Gasteiger partial charge in [0.2, 0.25) is 5.91 Å². The number of halogens is 6. The van der Waals surface area contributed by atoms with E-state index in [2.05, 4.69) is 10.1 Å². The van der Waals surface area contributed by atoms with Gasteiger partial charge in [-0.2, -0.15) is 18.3 Å². The molecule has 2 aliphatic rings. The standard InChI is InChI=1S/C30H33ClF5N5O/c1-17-12-21(5-7-26(17)31)41-28(37-18(2)38-41)19-8-10-40(11-9-19)29(42)25-15-22(39(3)16-30(34,35)36)14-24(25)23-6-4-20(32)13-27(23)33/h4-7,12-13,19,22,24-25H,8-11,14-16H2,1-3H3/t22-,24-,25+/m0/s1. The van der Waals surface area contributed by atoms with E-state index in [0.29, 0.717) is 36.8 Å². The fourth-order valence-electron chi connectivity index (χ4n) is 6.44. The van der Waals surface area contributed by atoms with Crippen LogP contribution in [0.15, 0.2) is 36.4 Å². The zero-order valence-corrected chi connectivity index (χ0v) is 24.4. The second-order valence-electron chi connectivity index (χ2n) is 11.5. The molecule has 3 aromatic rings. The molecule has 2 fully saturated rings. The van der Waals surface area contributed by atoms with E-state index in [1.165, 1.54) is 18.0 Å². The van der Waals surface area contributed by atoms with E-state index in [1.54, 1.807) is 4.90 Å². The lowest BCUT2D eigenvalue weighted by Gasteiger charge is -2.34. The first-order valence-corrected chi connectivity index (χ1v) is 14.4. The van der Waals surface area contributed by atoms with Crippen molar-refractivity contribution < 1.29 is 26.7 Å². The van der Waals surface area contributed by atoms with E-state index < -0.39 is 42.2 Å². The van der Waals surface area contributed by atoms with Gasteiger partial charge in [-0.05, 0) is 87.9 Å². The number of carbonyl (C=O) groups excluding carboxylic acids is 1. The van der Waals surface area contributed by atoms with Gasteiger partial charge in [0.05, 0.1) is 12.2 Å². The predicted molar refractivity (Wildman–Crippen MR) is 149 cm³/mol. The summed E-state index contributed by atoms with van der Waals surface area (Å²) in [7, 11) is 1.37. The van der Waals surface area contributed by atoms with Crippen LogP contribution >= 0.6 is 11.6 Å². The van der Waals surface area contributed by atoms with Gasteiger partial charge in [-0.3, -0.25) is 9.69 Å². The number of hydrogen-bond donors (Lipinski definition) is 0. The molecule has 5 rings (SSSR count). The maximum Gasteiger partial charge on any atom is 0.401 e. The fraction of sp³-hybridized carbons (Fsp3) is 0.500. The molecule has 42 heavy (non-hydrogen) atoms.